The fraction of sp³-hybridized carbons (Fsp3) is 0.381. The van der Waals surface area contributed by atoms with Crippen LogP contribution in [0.15, 0.2) is 47.5 Å². The highest BCUT2D eigenvalue weighted by molar-refractivity contribution is 5.44. The van der Waals surface area contributed by atoms with Crippen molar-refractivity contribution >= 4 is 11.5 Å². The van der Waals surface area contributed by atoms with Crippen LogP contribution in [0.1, 0.15) is 43.1 Å². The highest BCUT2D eigenvalue weighted by atomic mass is 16.1. The number of rotatable bonds is 4. The van der Waals surface area contributed by atoms with E-state index in [1.807, 2.05) is 38.2 Å². The average Bonchev–Trinajstić information content (AvgIpc) is 3.34. The number of anilines is 1. The molecule has 0 aromatic carbocycles. The molecule has 5 rings (SSSR count). The number of fused-ring (bicyclic) bond motifs is 1. The summed E-state index contributed by atoms with van der Waals surface area (Å²) in [6.45, 7) is 3.94. The summed E-state index contributed by atoms with van der Waals surface area (Å²) < 4.78 is 5.19. The van der Waals surface area contributed by atoms with E-state index in [0.29, 0.717) is 11.9 Å². The van der Waals surface area contributed by atoms with Gasteiger partial charge in [0.15, 0.2) is 11.5 Å². The summed E-state index contributed by atoms with van der Waals surface area (Å²) in [5.41, 5.74) is 2.70. The summed E-state index contributed by atoms with van der Waals surface area (Å²) in [6, 6.07) is 9.66. The van der Waals surface area contributed by atoms with Crippen molar-refractivity contribution in [1.82, 2.24) is 34.2 Å². The normalized spacial score (nSPS) is 19.3. The highest BCUT2D eigenvalue weighted by Gasteiger charge is 2.24. The van der Waals surface area contributed by atoms with Crippen LogP contribution in [-0.4, -0.2) is 40.2 Å². The summed E-state index contributed by atoms with van der Waals surface area (Å²) >= 11 is 0. The van der Waals surface area contributed by atoms with Gasteiger partial charge in [-0.15, -0.1) is 10.2 Å². The molecule has 4 aromatic heterocycles. The Labute approximate surface area is 173 Å². The molecule has 0 radical (unpaired) electrons. The molecule has 0 spiro atoms. The molecule has 4 aromatic rings. The molecule has 1 aliphatic carbocycles. The summed E-state index contributed by atoms with van der Waals surface area (Å²) in [6.07, 6.45) is 7.25. The first-order valence-corrected chi connectivity index (χ1v) is 10.3. The van der Waals surface area contributed by atoms with Crippen LogP contribution in [-0.2, 0) is 0 Å². The first-order valence-electron chi connectivity index (χ1n) is 10.3. The molecule has 1 fully saturated rings. The number of aryl methyl sites for hydroxylation is 2. The van der Waals surface area contributed by atoms with E-state index in [2.05, 4.69) is 25.6 Å². The lowest BCUT2D eigenvalue weighted by atomic mass is 9.91. The second-order valence-corrected chi connectivity index (χ2v) is 7.91. The molecule has 1 saturated carbocycles. The van der Waals surface area contributed by atoms with Crippen LogP contribution in [0, 0.1) is 13.8 Å². The Balaban J connectivity index is 1.29. The van der Waals surface area contributed by atoms with Gasteiger partial charge >= 0.3 is 0 Å². The van der Waals surface area contributed by atoms with Crippen LogP contribution in [0.3, 0.4) is 0 Å². The number of aromatic nitrogens is 7. The van der Waals surface area contributed by atoms with Gasteiger partial charge < -0.3 is 5.32 Å². The van der Waals surface area contributed by atoms with E-state index < -0.39 is 0 Å². The zero-order valence-corrected chi connectivity index (χ0v) is 17.1. The SMILES string of the molecule is Cc1cc(C)n(-c2ccc(=O)n(C3CCC(Nc4ccc5nccn5n4)CC3)n2)n1. The number of nitrogens with one attached hydrogen (secondary N) is 1. The third-order valence-electron chi connectivity index (χ3n) is 5.69. The lowest BCUT2D eigenvalue weighted by Gasteiger charge is -2.29. The molecule has 4 heterocycles. The van der Waals surface area contributed by atoms with Crippen molar-refractivity contribution in [2.75, 3.05) is 5.32 Å². The molecule has 0 unspecified atom stereocenters. The first-order chi connectivity index (χ1) is 14.6. The average molecular weight is 404 g/mol. The monoisotopic (exact) mass is 404 g/mol. The molecule has 1 N–H and O–H groups in total. The number of hydrogen-bond donors (Lipinski definition) is 1. The quantitative estimate of drug-likeness (QED) is 0.562. The van der Waals surface area contributed by atoms with Crippen molar-refractivity contribution in [3.63, 3.8) is 0 Å². The fourth-order valence-corrected chi connectivity index (χ4v) is 4.22. The fourth-order valence-electron chi connectivity index (χ4n) is 4.22. The first kappa shape index (κ1) is 18.5. The maximum atomic E-state index is 12.5. The number of nitrogens with zero attached hydrogens (tertiary/aromatic N) is 7. The van der Waals surface area contributed by atoms with E-state index in [1.165, 1.54) is 0 Å². The van der Waals surface area contributed by atoms with E-state index in [0.717, 1.165) is 48.5 Å². The van der Waals surface area contributed by atoms with Crippen molar-refractivity contribution < 1.29 is 0 Å². The van der Waals surface area contributed by atoms with Crippen molar-refractivity contribution in [2.45, 2.75) is 51.6 Å². The Hall–Kier alpha value is -3.49. The largest absolute Gasteiger partial charge is 0.366 e. The molecule has 9 nitrogen and oxygen atoms in total. The maximum Gasteiger partial charge on any atom is 0.267 e. The molecule has 154 valence electrons. The molecular weight excluding hydrogens is 380 g/mol. The second kappa shape index (κ2) is 7.40. The van der Waals surface area contributed by atoms with Crippen LogP contribution < -0.4 is 10.9 Å². The second-order valence-electron chi connectivity index (χ2n) is 7.91. The number of imidazole rings is 1. The van der Waals surface area contributed by atoms with Crippen LogP contribution >= 0.6 is 0 Å². The van der Waals surface area contributed by atoms with Crippen LogP contribution in [0.4, 0.5) is 5.82 Å². The standard InChI is InChI=1S/C21H24N8O/c1-14-13-15(2)28(24-14)20-9-10-21(30)29(26-20)17-5-3-16(4-6-17)23-18-7-8-19-22-11-12-27(19)25-18/h7-13,16-17H,3-6H2,1-2H3,(H,23,25). The number of hydrogen-bond acceptors (Lipinski definition) is 6. The molecule has 0 bridgehead atoms. The van der Waals surface area contributed by atoms with E-state index in [1.54, 1.807) is 32.2 Å². The molecule has 0 amide bonds. The molecule has 0 aliphatic heterocycles. The summed E-state index contributed by atoms with van der Waals surface area (Å²) in [7, 11) is 0. The van der Waals surface area contributed by atoms with Gasteiger partial charge in [-0.2, -0.15) is 5.10 Å². The van der Waals surface area contributed by atoms with E-state index in [4.69, 9.17) is 0 Å². The van der Waals surface area contributed by atoms with E-state index >= 15 is 0 Å². The van der Waals surface area contributed by atoms with Crippen LogP contribution in [0.5, 0.6) is 0 Å². The van der Waals surface area contributed by atoms with Gasteiger partial charge in [-0.25, -0.2) is 18.9 Å². The van der Waals surface area contributed by atoms with Gasteiger partial charge in [-0.3, -0.25) is 4.79 Å². The topological polar surface area (TPSA) is 94.9 Å². The smallest absolute Gasteiger partial charge is 0.267 e. The van der Waals surface area contributed by atoms with Crippen molar-refractivity contribution in [1.29, 1.82) is 0 Å². The minimum atomic E-state index is -0.0658. The molecule has 30 heavy (non-hydrogen) atoms. The Morgan fingerprint density at radius 3 is 2.60 bits per heavy atom. The summed E-state index contributed by atoms with van der Waals surface area (Å²) in [5.74, 6) is 1.52. The Morgan fingerprint density at radius 1 is 1.00 bits per heavy atom. The molecule has 1 aliphatic rings. The Morgan fingerprint density at radius 2 is 1.83 bits per heavy atom. The maximum absolute atomic E-state index is 12.5. The highest BCUT2D eigenvalue weighted by Crippen LogP contribution is 2.28. The van der Waals surface area contributed by atoms with Crippen molar-refractivity contribution in [3.8, 4) is 5.82 Å². The van der Waals surface area contributed by atoms with Crippen LogP contribution in [0.2, 0.25) is 0 Å². The predicted octanol–water partition coefficient (Wildman–Crippen LogP) is 2.68. The minimum absolute atomic E-state index is 0.0658. The third kappa shape index (κ3) is 3.47. The van der Waals surface area contributed by atoms with Gasteiger partial charge in [-0.1, -0.05) is 0 Å². The molecule has 9 heteroatoms. The predicted molar refractivity (Wildman–Crippen MR) is 113 cm³/mol. The van der Waals surface area contributed by atoms with E-state index in [-0.39, 0.29) is 11.6 Å². The minimum Gasteiger partial charge on any atom is -0.366 e. The van der Waals surface area contributed by atoms with Crippen molar-refractivity contribution in [2.24, 2.45) is 0 Å². The van der Waals surface area contributed by atoms with E-state index in [9.17, 15) is 4.79 Å². The summed E-state index contributed by atoms with van der Waals surface area (Å²) in [4.78, 5) is 16.7. The van der Waals surface area contributed by atoms with Gasteiger partial charge in [0.25, 0.3) is 5.56 Å². The van der Waals surface area contributed by atoms with Gasteiger partial charge in [0.2, 0.25) is 0 Å². The summed E-state index contributed by atoms with van der Waals surface area (Å²) in [5, 5.41) is 17.2. The molecule has 0 atom stereocenters. The van der Waals surface area contributed by atoms with Gasteiger partial charge in [0.1, 0.15) is 5.82 Å². The van der Waals surface area contributed by atoms with Crippen LogP contribution in [0.25, 0.3) is 11.5 Å². The Bertz CT molecular complexity index is 1250. The van der Waals surface area contributed by atoms with Gasteiger partial charge in [-0.05, 0) is 63.8 Å². The third-order valence-corrected chi connectivity index (χ3v) is 5.69. The Kier molecular flexibility index (Phi) is 4.57. The lowest BCUT2D eigenvalue weighted by Crippen LogP contribution is -2.33. The molecular formula is C21H24N8O. The van der Waals surface area contributed by atoms with Crippen molar-refractivity contribution in [3.05, 3.63) is 64.5 Å². The lowest BCUT2D eigenvalue weighted by molar-refractivity contribution is 0.302. The van der Waals surface area contributed by atoms with Gasteiger partial charge in [0.05, 0.1) is 11.7 Å². The molecule has 0 saturated heterocycles. The van der Waals surface area contributed by atoms with Gasteiger partial charge in [0, 0.05) is 30.2 Å². The zero-order chi connectivity index (χ0) is 20.7. The zero-order valence-electron chi connectivity index (χ0n) is 17.1.